The van der Waals surface area contributed by atoms with E-state index in [9.17, 15) is 22.4 Å². The molecule has 1 amide bonds. The number of nitrogens with two attached hydrogens (primary N) is 1. The zero-order chi connectivity index (χ0) is 25.6. The summed E-state index contributed by atoms with van der Waals surface area (Å²) in [6.07, 6.45) is 3.70. The van der Waals surface area contributed by atoms with E-state index in [0.717, 1.165) is 12.1 Å². The minimum absolute atomic E-state index is 0.0299. The van der Waals surface area contributed by atoms with E-state index in [-0.39, 0.29) is 46.0 Å². The fourth-order valence-corrected chi connectivity index (χ4v) is 7.73. The zero-order valence-corrected chi connectivity index (χ0v) is 21.9. The first kappa shape index (κ1) is 25.3. The van der Waals surface area contributed by atoms with Crippen LogP contribution in [0.1, 0.15) is 51.0 Å². The molecule has 0 spiro atoms. The number of alkyl halides is 2. The number of nitrogens with zero attached hydrogens (tertiary/aromatic N) is 4. The average molecular weight is 587 g/mol. The van der Waals surface area contributed by atoms with Crippen molar-refractivity contribution >= 4 is 59.3 Å². The van der Waals surface area contributed by atoms with E-state index in [1.165, 1.54) is 6.20 Å². The van der Waals surface area contributed by atoms with E-state index >= 15 is 0 Å². The van der Waals surface area contributed by atoms with Crippen LogP contribution in [0, 0.1) is 17.6 Å². The first-order valence-electron chi connectivity index (χ1n) is 11.7. The average Bonchev–Trinajstić information content (AvgIpc) is 3.34. The number of rotatable bonds is 6. The van der Waals surface area contributed by atoms with Crippen molar-refractivity contribution in [2.45, 2.75) is 63.0 Å². The number of imidazole rings is 1. The van der Waals surface area contributed by atoms with Gasteiger partial charge in [0.1, 0.15) is 0 Å². The molecule has 0 bridgehead atoms. The summed E-state index contributed by atoms with van der Waals surface area (Å²) in [5, 5.41) is 2.97. The van der Waals surface area contributed by atoms with Crippen LogP contribution in [0.3, 0.4) is 0 Å². The van der Waals surface area contributed by atoms with E-state index in [0.29, 0.717) is 47.9 Å². The Kier molecular flexibility index (Phi) is 6.89. The molecule has 5 rings (SSSR count). The molecule has 0 radical (unpaired) electrons. The third-order valence-electron chi connectivity index (χ3n) is 6.88. The van der Waals surface area contributed by atoms with Crippen molar-refractivity contribution in [1.82, 2.24) is 19.5 Å². The number of benzene rings is 1. The molecule has 0 aliphatic heterocycles. The Balaban J connectivity index is 1.52. The van der Waals surface area contributed by atoms with E-state index in [2.05, 4.69) is 20.3 Å². The molecule has 192 valence electrons. The van der Waals surface area contributed by atoms with Gasteiger partial charge in [-0.1, -0.05) is 0 Å². The third kappa shape index (κ3) is 5.18. The van der Waals surface area contributed by atoms with Crippen molar-refractivity contribution < 1.29 is 22.4 Å². The predicted octanol–water partition coefficient (Wildman–Crippen LogP) is 2.96. The summed E-state index contributed by atoms with van der Waals surface area (Å²) in [6, 6.07) is 1.59. The molecule has 2 saturated carbocycles. The van der Waals surface area contributed by atoms with Crippen LogP contribution >= 0.6 is 11.6 Å². The first-order valence-corrected chi connectivity index (χ1v) is 14.2. The number of aromatic nitrogens is 4. The molecule has 2 unspecified atom stereocenters. The molecular formula is C23H24AsClF4N6O. The summed E-state index contributed by atoms with van der Waals surface area (Å²) >= 11 is 4.20. The predicted molar refractivity (Wildman–Crippen MR) is 130 cm³/mol. The number of hydrogen-bond donors (Lipinski definition) is 2. The number of nitrogens with one attached hydrogen (secondary N) is 1. The van der Waals surface area contributed by atoms with Crippen LogP contribution in [-0.2, 0) is 4.79 Å². The fraction of sp³-hybridized carbons (Fsp3) is 0.478. The molecule has 2 aromatic heterocycles. The molecule has 2 fully saturated rings. The van der Waals surface area contributed by atoms with Crippen molar-refractivity contribution in [3.8, 4) is 0 Å². The van der Waals surface area contributed by atoms with Crippen LogP contribution in [0.4, 0.5) is 23.5 Å². The molecular weight excluding hydrogens is 563 g/mol. The number of anilines is 1. The molecule has 2 heterocycles. The Morgan fingerprint density at radius 2 is 1.83 bits per heavy atom. The van der Waals surface area contributed by atoms with Crippen molar-refractivity contribution in [2.75, 3.05) is 5.32 Å². The Bertz CT molecular complexity index is 1290. The number of fused-ring (bicyclic) bond motifs is 1. The molecule has 13 heteroatoms. The summed E-state index contributed by atoms with van der Waals surface area (Å²) in [7, 11) is 0. The third-order valence-corrected chi connectivity index (χ3v) is 9.83. The van der Waals surface area contributed by atoms with Crippen LogP contribution in [-0.4, -0.2) is 53.1 Å². The van der Waals surface area contributed by atoms with Gasteiger partial charge in [0, 0.05) is 0 Å². The number of amides is 1. The minimum atomic E-state index is -2.71. The zero-order valence-electron chi connectivity index (χ0n) is 19.1. The van der Waals surface area contributed by atoms with E-state index in [1.54, 1.807) is 0 Å². The standard InChI is InChI=1S/C23H24AsClF4N6O/c25-12-7-15(26)18(16(27)8-12)24-21-33-17-10-31-22(32-13-5-6-23(28,29)9-13)34-20(17)35(21)14-3-1-11(2-4-14)19(30)36/h7-8,10-11,13-14,24H,1-6,9H2,(H2,30,36)(H,31,32,34). The fourth-order valence-electron chi connectivity index (χ4n) is 5.04. The molecule has 3 N–H and O–H groups in total. The van der Waals surface area contributed by atoms with Gasteiger partial charge < -0.3 is 0 Å². The summed E-state index contributed by atoms with van der Waals surface area (Å²) < 4.78 is 58.9. The van der Waals surface area contributed by atoms with Crippen molar-refractivity contribution in [2.24, 2.45) is 11.7 Å². The van der Waals surface area contributed by atoms with Crippen molar-refractivity contribution in [1.29, 1.82) is 0 Å². The molecule has 36 heavy (non-hydrogen) atoms. The molecule has 2 atom stereocenters. The molecule has 1 aromatic carbocycles. The molecule has 3 aromatic rings. The Labute approximate surface area is 215 Å². The normalized spacial score (nSPS) is 24.1. The molecule has 0 saturated heterocycles. The van der Waals surface area contributed by atoms with E-state index in [4.69, 9.17) is 17.3 Å². The van der Waals surface area contributed by atoms with Gasteiger partial charge in [0.2, 0.25) is 0 Å². The molecule has 2 aliphatic carbocycles. The van der Waals surface area contributed by atoms with Gasteiger partial charge in [-0.3, -0.25) is 0 Å². The van der Waals surface area contributed by atoms with Crippen molar-refractivity contribution in [3.63, 3.8) is 0 Å². The topological polar surface area (TPSA) is 98.7 Å². The van der Waals surface area contributed by atoms with Gasteiger partial charge >= 0.3 is 216 Å². The summed E-state index contributed by atoms with van der Waals surface area (Å²) in [4.78, 5) is 25.1. The van der Waals surface area contributed by atoms with Crippen LogP contribution in [0.25, 0.3) is 11.2 Å². The monoisotopic (exact) mass is 586 g/mol. The van der Waals surface area contributed by atoms with Crippen molar-refractivity contribution in [3.05, 3.63) is 35.0 Å². The van der Waals surface area contributed by atoms with Gasteiger partial charge in [0.25, 0.3) is 0 Å². The SMILES string of the molecule is NC(=O)C1CCC(n2c([AsH]c3c(F)cc(Cl)cc3F)nc3cnc(NC4CCC(F)(F)C4)nc32)CC1. The number of carbonyl (C=O) groups is 1. The number of carbonyl (C=O) groups excluding carboxylic acids is 1. The Hall–Kier alpha value is -2.39. The first-order chi connectivity index (χ1) is 17.1. The summed E-state index contributed by atoms with van der Waals surface area (Å²) in [6.45, 7) is 0. The van der Waals surface area contributed by atoms with Crippen LogP contribution in [0.15, 0.2) is 18.3 Å². The number of primary amides is 1. The van der Waals surface area contributed by atoms with Gasteiger partial charge in [0.15, 0.2) is 0 Å². The summed E-state index contributed by atoms with van der Waals surface area (Å²) in [5.74, 6) is -4.54. The maximum atomic E-state index is 14.6. The van der Waals surface area contributed by atoms with Crippen LogP contribution < -0.4 is 20.0 Å². The maximum absolute atomic E-state index is 14.6. The second-order valence-electron chi connectivity index (χ2n) is 9.43. The second-order valence-corrected chi connectivity index (χ2v) is 12.4. The Morgan fingerprint density at radius 3 is 2.44 bits per heavy atom. The summed E-state index contributed by atoms with van der Waals surface area (Å²) in [5.41, 5.74) is 6.40. The second kappa shape index (κ2) is 9.82. The van der Waals surface area contributed by atoms with Gasteiger partial charge in [-0.15, -0.1) is 0 Å². The number of hydrogen-bond acceptors (Lipinski definition) is 5. The van der Waals surface area contributed by atoms with Gasteiger partial charge in [-0.2, -0.15) is 0 Å². The van der Waals surface area contributed by atoms with Gasteiger partial charge in [-0.25, -0.2) is 0 Å². The quantitative estimate of drug-likeness (QED) is 0.342. The van der Waals surface area contributed by atoms with Crippen LogP contribution in [0.2, 0.25) is 5.02 Å². The van der Waals surface area contributed by atoms with Crippen LogP contribution in [0.5, 0.6) is 0 Å². The van der Waals surface area contributed by atoms with E-state index < -0.39 is 39.4 Å². The van der Waals surface area contributed by atoms with Gasteiger partial charge in [0.05, 0.1) is 0 Å². The van der Waals surface area contributed by atoms with Gasteiger partial charge in [-0.05, 0) is 0 Å². The molecule has 2 aliphatic rings. The molecule has 7 nitrogen and oxygen atoms in total. The van der Waals surface area contributed by atoms with E-state index in [1.807, 2.05) is 4.57 Å². The number of halogens is 5. The Morgan fingerprint density at radius 1 is 1.14 bits per heavy atom.